The number of rotatable bonds is 2. The zero-order valence-electron chi connectivity index (χ0n) is 13.7. The van der Waals surface area contributed by atoms with Gasteiger partial charge in [0.05, 0.1) is 10.6 Å². The van der Waals surface area contributed by atoms with E-state index in [1.807, 2.05) is 53.4 Å². The van der Waals surface area contributed by atoms with E-state index in [1.165, 1.54) is 11.8 Å². The van der Waals surface area contributed by atoms with Crippen LogP contribution in [-0.2, 0) is 4.79 Å². The predicted molar refractivity (Wildman–Crippen MR) is 100 cm³/mol. The van der Waals surface area contributed by atoms with E-state index in [1.54, 1.807) is 6.07 Å². The van der Waals surface area contributed by atoms with Gasteiger partial charge in [0.25, 0.3) is 11.8 Å². The van der Waals surface area contributed by atoms with E-state index in [-0.39, 0.29) is 11.8 Å². The molecule has 0 spiro atoms. The van der Waals surface area contributed by atoms with Crippen molar-refractivity contribution in [3.05, 3.63) is 64.6 Å². The van der Waals surface area contributed by atoms with Gasteiger partial charge in [-0.1, -0.05) is 42.1 Å². The molecule has 0 radical (unpaired) electrons. The normalized spacial score (nSPS) is 18.2. The molecular formula is C20H18N2O2S. The minimum absolute atomic E-state index is 0.0465. The number of benzene rings is 2. The molecule has 2 heterocycles. The van der Waals surface area contributed by atoms with Gasteiger partial charge in [0.15, 0.2) is 0 Å². The van der Waals surface area contributed by atoms with Crippen LogP contribution in [0, 0.1) is 0 Å². The van der Waals surface area contributed by atoms with Crippen molar-refractivity contribution in [1.29, 1.82) is 0 Å². The fourth-order valence-corrected chi connectivity index (χ4v) is 4.03. The van der Waals surface area contributed by atoms with E-state index < -0.39 is 0 Å². The number of amides is 2. The van der Waals surface area contributed by atoms with Crippen molar-refractivity contribution in [3.63, 3.8) is 0 Å². The van der Waals surface area contributed by atoms with Crippen molar-refractivity contribution < 1.29 is 9.59 Å². The number of fused-ring (bicyclic) bond motifs is 1. The highest BCUT2D eigenvalue weighted by atomic mass is 32.2. The van der Waals surface area contributed by atoms with Crippen LogP contribution in [0.3, 0.4) is 0 Å². The number of carbonyl (C=O) groups excluding carboxylic acids is 2. The Morgan fingerprint density at radius 1 is 1.08 bits per heavy atom. The molecule has 0 atom stereocenters. The molecule has 0 aromatic heterocycles. The van der Waals surface area contributed by atoms with Gasteiger partial charge >= 0.3 is 0 Å². The molecule has 25 heavy (non-hydrogen) atoms. The van der Waals surface area contributed by atoms with E-state index in [0.29, 0.717) is 16.2 Å². The largest absolute Gasteiger partial charge is 0.339 e. The van der Waals surface area contributed by atoms with Crippen LogP contribution in [0.25, 0.3) is 6.08 Å². The average molecular weight is 350 g/mol. The summed E-state index contributed by atoms with van der Waals surface area (Å²) < 4.78 is 0. The summed E-state index contributed by atoms with van der Waals surface area (Å²) in [6.07, 6.45) is 4.01. The SMILES string of the molecule is O=C1Nc2cc(C(=O)N3CCCC3)ccc2SC1=Cc1ccccc1. The fraction of sp³-hybridized carbons (Fsp3) is 0.200. The summed E-state index contributed by atoms with van der Waals surface area (Å²) in [5.74, 6) is -0.0858. The maximum atomic E-state index is 12.5. The molecule has 1 saturated heterocycles. The van der Waals surface area contributed by atoms with Crippen molar-refractivity contribution in [3.8, 4) is 0 Å². The molecule has 1 N–H and O–H groups in total. The first kappa shape index (κ1) is 16.0. The summed E-state index contributed by atoms with van der Waals surface area (Å²) in [7, 11) is 0. The third kappa shape index (κ3) is 3.33. The fourth-order valence-electron chi connectivity index (χ4n) is 3.10. The van der Waals surface area contributed by atoms with Gasteiger partial charge in [-0.3, -0.25) is 9.59 Å². The highest BCUT2D eigenvalue weighted by molar-refractivity contribution is 8.04. The molecule has 2 amide bonds. The highest BCUT2D eigenvalue weighted by Gasteiger charge is 2.24. The van der Waals surface area contributed by atoms with Crippen molar-refractivity contribution >= 4 is 35.3 Å². The lowest BCUT2D eigenvalue weighted by Crippen LogP contribution is -2.28. The lowest BCUT2D eigenvalue weighted by molar-refractivity contribution is -0.112. The van der Waals surface area contributed by atoms with E-state index in [0.717, 1.165) is 36.4 Å². The van der Waals surface area contributed by atoms with Crippen molar-refractivity contribution in [1.82, 2.24) is 4.90 Å². The third-order valence-corrected chi connectivity index (χ3v) is 5.51. The Morgan fingerprint density at radius 2 is 1.84 bits per heavy atom. The van der Waals surface area contributed by atoms with Gasteiger partial charge in [-0.15, -0.1) is 0 Å². The van der Waals surface area contributed by atoms with Gasteiger partial charge < -0.3 is 10.2 Å². The van der Waals surface area contributed by atoms with Gasteiger partial charge in [-0.05, 0) is 42.7 Å². The number of nitrogens with one attached hydrogen (secondary N) is 1. The number of nitrogens with zero attached hydrogens (tertiary/aromatic N) is 1. The van der Waals surface area contributed by atoms with Crippen LogP contribution in [0.1, 0.15) is 28.8 Å². The van der Waals surface area contributed by atoms with Crippen molar-refractivity contribution in [2.75, 3.05) is 18.4 Å². The van der Waals surface area contributed by atoms with Crippen molar-refractivity contribution in [2.24, 2.45) is 0 Å². The van der Waals surface area contributed by atoms with Gasteiger partial charge in [0.1, 0.15) is 0 Å². The van der Waals surface area contributed by atoms with E-state index in [2.05, 4.69) is 5.32 Å². The van der Waals surface area contributed by atoms with Gasteiger partial charge in [0.2, 0.25) is 0 Å². The zero-order chi connectivity index (χ0) is 17.2. The Labute approximate surface area is 150 Å². The molecule has 4 nitrogen and oxygen atoms in total. The Bertz CT molecular complexity index is 855. The second-order valence-corrected chi connectivity index (χ2v) is 7.27. The predicted octanol–water partition coefficient (Wildman–Crippen LogP) is 4.01. The standard InChI is InChI=1S/C20H18N2O2S/c23-19-18(12-14-6-2-1-3-7-14)25-17-9-8-15(13-16(17)21-19)20(24)22-10-4-5-11-22/h1-3,6-9,12-13H,4-5,10-11H2,(H,21,23). The monoisotopic (exact) mass is 350 g/mol. The Morgan fingerprint density at radius 3 is 2.60 bits per heavy atom. The first-order valence-electron chi connectivity index (χ1n) is 8.40. The topological polar surface area (TPSA) is 49.4 Å². The van der Waals surface area contributed by atoms with Crippen LogP contribution in [0.4, 0.5) is 5.69 Å². The van der Waals surface area contributed by atoms with E-state index >= 15 is 0 Å². The quantitative estimate of drug-likeness (QED) is 0.833. The Kier molecular flexibility index (Phi) is 4.32. The molecule has 0 saturated carbocycles. The van der Waals surface area contributed by atoms with Crippen LogP contribution in [-0.4, -0.2) is 29.8 Å². The number of likely N-dealkylation sites (tertiary alicyclic amines) is 1. The molecule has 4 rings (SSSR count). The molecular weight excluding hydrogens is 332 g/mol. The molecule has 2 aromatic rings. The minimum Gasteiger partial charge on any atom is -0.339 e. The maximum absolute atomic E-state index is 12.5. The van der Waals surface area contributed by atoms with Crippen LogP contribution < -0.4 is 5.32 Å². The van der Waals surface area contributed by atoms with Gasteiger partial charge in [-0.2, -0.15) is 0 Å². The van der Waals surface area contributed by atoms with Crippen LogP contribution in [0.2, 0.25) is 0 Å². The molecule has 2 aliphatic rings. The smallest absolute Gasteiger partial charge is 0.262 e. The maximum Gasteiger partial charge on any atom is 0.262 e. The lowest BCUT2D eigenvalue weighted by Gasteiger charge is -2.21. The highest BCUT2D eigenvalue weighted by Crippen LogP contribution is 2.39. The average Bonchev–Trinajstić information content (AvgIpc) is 3.17. The van der Waals surface area contributed by atoms with E-state index in [4.69, 9.17) is 0 Å². The van der Waals surface area contributed by atoms with Gasteiger partial charge in [-0.25, -0.2) is 0 Å². The van der Waals surface area contributed by atoms with Crippen LogP contribution >= 0.6 is 11.8 Å². The number of hydrogen-bond donors (Lipinski definition) is 1. The Balaban J connectivity index is 1.59. The lowest BCUT2D eigenvalue weighted by atomic mass is 10.1. The summed E-state index contributed by atoms with van der Waals surface area (Å²) in [4.78, 5) is 28.4. The molecule has 2 aromatic carbocycles. The number of carbonyl (C=O) groups is 2. The summed E-state index contributed by atoms with van der Waals surface area (Å²) >= 11 is 1.44. The summed E-state index contributed by atoms with van der Waals surface area (Å²) in [5, 5.41) is 2.92. The second kappa shape index (κ2) is 6.76. The molecule has 5 heteroatoms. The molecule has 126 valence electrons. The Hall–Kier alpha value is -2.53. The van der Waals surface area contributed by atoms with Gasteiger partial charge in [0, 0.05) is 23.5 Å². The number of hydrogen-bond acceptors (Lipinski definition) is 3. The first-order chi connectivity index (χ1) is 12.2. The summed E-state index contributed by atoms with van der Waals surface area (Å²) in [5.41, 5.74) is 2.34. The zero-order valence-corrected chi connectivity index (χ0v) is 14.5. The second-order valence-electron chi connectivity index (χ2n) is 6.19. The minimum atomic E-state index is -0.132. The molecule has 0 bridgehead atoms. The molecule has 0 unspecified atom stereocenters. The van der Waals surface area contributed by atoms with Crippen LogP contribution in [0.15, 0.2) is 58.3 Å². The molecule has 0 aliphatic carbocycles. The third-order valence-electron chi connectivity index (χ3n) is 4.41. The summed E-state index contributed by atoms with van der Waals surface area (Å²) in [6, 6.07) is 15.3. The van der Waals surface area contributed by atoms with E-state index in [9.17, 15) is 9.59 Å². The van der Waals surface area contributed by atoms with Crippen LogP contribution in [0.5, 0.6) is 0 Å². The summed E-state index contributed by atoms with van der Waals surface area (Å²) in [6.45, 7) is 1.64. The molecule has 1 fully saturated rings. The first-order valence-corrected chi connectivity index (χ1v) is 9.22. The van der Waals surface area contributed by atoms with Crippen molar-refractivity contribution in [2.45, 2.75) is 17.7 Å². The molecule has 2 aliphatic heterocycles. The number of thioether (sulfide) groups is 1. The number of anilines is 1.